The summed E-state index contributed by atoms with van der Waals surface area (Å²) >= 11 is 3.29. The summed E-state index contributed by atoms with van der Waals surface area (Å²) in [5.41, 5.74) is 0.703. The Bertz CT molecular complexity index is 512. The number of esters is 1. The van der Waals surface area contributed by atoms with E-state index < -0.39 is 21.9 Å². The van der Waals surface area contributed by atoms with Crippen LogP contribution in [-0.2, 0) is 19.6 Å². The maximum Gasteiger partial charge on any atom is 0.313 e. The topological polar surface area (TPSA) is 86.5 Å². The third-order valence-electron chi connectivity index (χ3n) is 2.45. The maximum atomic E-state index is 11.6. The first-order chi connectivity index (χ1) is 8.33. The fourth-order valence-corrected chi connectivity index (χ4v) is 2.37. The van der Waals surface area contributed by atoms with E-state index in [0.717, 1.165) is 4.47 Å². The molecule has 0 aliphatic rings. The van der Waals surface area contributed by atoms with Crippen LogP contribution in [-0.4, -0.2) is 27.2 Å². The quantitative estimate of drug-likeness (QED) is 0.823. The Kier molecular flexibility index (Phi) is 5.30. The minimum atomic E-state index is -3.59. The van der Waals surface area contributed by atoms with E-state index in [2.05, 4.69) is 20.7 Å². The highest BCUT2D eigenvalue weighted by Crippen LogP contribution is 2.23. The molecule has 0 saturated heterocycles. The van der Waals surface area contributed by atoms with Crippen molar-refractivity contribution in [2.24, 2.45) is 5.14 Å². The average Bonchev–Trinajstić information content (AvgIpc) is 2.29. The highest BCUT2D eigenvalue weighted by atomic mass is 79.9. The molecule has 0 radical (unpaired) electrons. The molecule has 1 aromatic rings. The number of carbonyl (C=O) groups is 1. The van der Waals surface area contributed by atoms with Crippen LogP contribution in [0.3, 0.4) is 0 Å². The Labute approximate surface area is 114 Å². The van der Waals surface area contributed by atoms with E-state index in [4.69, 9.17) is 5.14 Å². The van der Waals surface area contributed by atoms with Crippen molar-refractivity contribution in [3.05, 3.63) is 34.3 Å². The molecule has 0 heterocycles. The molecule has 0 saturated carbocycles. The summed E-state index contributed by atoms with van der Waals surface area (Å²) in [6, 6.07) is 7.05. The molecule has 1 atom stereocenters. The molecule has 0 amide bonds. The Morgan fingerprint density at radius 3 is 2.39 bits per heavy atom. The number of primary sulfonamides is 1. The molecule has 7 heteroatoms. The lowest BCUT2D eigenvalue weighted by Gasteiger charge is -2.14. The van der Waals surface area contributed by atoms with Crippen molar-refractivity contribution in [1.82, 2.24) is 0 Å². The molecule has 0 bridgehead atoms. The fourth-order valence-electron chi connectivity index (χ4n) is 1.54. The zero-order chi connectivity index (χ0) is 13.8. The highest BCUT2D eigenvalue weighted by molar-refractivity contribution is 9.10. The van der Waals surface area contributed by atoms with Crippen molar-refractivity contribution >= 4 is 31.9 Å². The van der Waals surface area contributed by atoms with Gasteiger partial charge in [0.15, 0.2) is 0 Å². The Morgan fingerprint density at radius 2 is 1.94 bits per heavy atom. The summed E-state index contributed by atoms with van der Waals surface area (Å²) in [6.45, 7) is 0. The summed E-state index contributed by atoms with van der Waals surface area (Å²) < 4.78 is 27.5. The number of ether oxygens (including phenoxy) is 1. The van der Waals surface area contributed by atoms with Gasteiger partial charge in [-0.1, -0.05) is 28.1 Å². The van der Waals surface area contributed by atoms with E-state index in [1.54, 1.807) is 24.3 Å². The number of rotatable bonds is 5. The highest BCUT2D eigenvalue weighted by Gasteiger charge is 2.23. The summed E-state index contributed by atoms with van der Waals surface area (Å²) in [4.78, 5) is 11.6. The van der Waals surface area contributed by atoms with Crippen molar-refractivity contribution in [3.8, 4) is 0 Å². The molecule has 0 spiro atoms. The number of halogens is 1. The molecule has 2 N–H and O–H groups in total. The zero-order valence-corrected chi connectivity index (χ0v) is 12.2. The Morgan fingerprint density at radius 1 is 1.39 bits per heavy atom. The van der Waals surface area contributed by atoms with Gasteiger partial charge in [-0.3, -0.25) is 4.79 Å². The number of carbonyl (C=O) groups excluding carboxylic acids is 1. The van der Waals surface area contributed by atoms with Gasteiger partial charge in [0.1, 0.15) is 0 Å². The van der Waals surface area contributed by atoms with E-state index >= 15 is 0 Å². The van der Waals surface area contributed by atoms with E-state index in [1.807, 2.05) is 0 Å². The monoisotopic (exact) mass is 335 g/mol. The van der Waals surface area contributed by atoms with Gasteiger partial charge >= 0.3 is 5.97 Å². The fraction of sp³-hybridized carbons (Fsp3) is 0.364. The summed E-state index contributed by atoms with van der Waals surface area (Å²) in [5, 5.41) is 4.94. The standard InChI is InChI=1S/C11H14BrNO4S/c1-17-11(14)10(6-7-18(13,15)16)8-2-4-9(12)5-3-8/h2-5,10H,6-7H2,1H3,(H2,13,15,16). The molecule has 0 aliphatic carbocycles. The number of nitrogens with two attached hydrogens (primary N) is 1. The molecule has 5 nitrogen and oxygen atoms in total. The molecular formula is C11H14BrNO4S. The summed E-state index contributed by atoms with van der Waals surface area (Å²) in [7, 11) is -2.33. The van der Waals surface area contributed by atoms with Crippen molar-refractivity contribution < 1.29 is 17.9 Å². The second-order valence-electron chi connectivity index (χ2n) is 3.78. The van der Waals surface area contributed by atoms with E-state index in [-0.39, 0.29) is 12.2 Å². The first kappa shape index (κ1) is 15.1. The van der Waals surface area contributed by atoms with Gasteiger partial charge in [0.2, 0.25) is 10.0 Å². The normalized spacial score (nSPS) is 13.1. The Balaban J connectivity index is 2.91. The van der Waals surface area contributed by atoms with Gasteiger partial charge in [-0.2, -0.15) is 0 Å². The summed E-state index contributed by atoms with van der Waals surface area (Å²) in [6.07, 6.45) is 0.104. The van der Waals surface area contributed by atoms with Gasteiger partial charge in [0.25, 0.3) is 0 Å². The molecule has 0 aliphatic heterocycles. The van der Waals surface area contributed by atoms with Crippen LogP contribution in [0.25, 0.3) is 0 Å². The smallest absolute Gasteiger partial charge is 0.313 e. The van der Waals surface area contributed by atoms with Crippen LogP contribution >= 0.6 is 15.9 Å². The molecule has 100 valence electrons. The number of methoxy groups -OCH3 is 1. The first-order valence-electron chi connectivity index (χ1n) is 5.17. The van der Waals surface area contributed by atoms with Gasteiger partial charge in [0, 0.05) is 4.47 Å². The number of hydrogen-bond acceptors (Lipinski definition) is 4. The lowest BCUT2D eigenvalue weighted by Crippen LogP contribution is -2.22. The average molecular weight is 336 g/mol. The lowest BCUT2D eigenvalue weighted by molar-refractivity contribution is -0.142. The van der Waals surface area contributed by atoms with Gasteiger partial charge < -0.3 is 4.74 Å². The van der Waals surface area contributed by atoms with Crippen LogP contribution in [0.2, 0.25) is 0 Å². The number of sulfonamides is 1. The van der Waals surface area contributed by atoms with Crippen molar-refractivity contribution in [2.45, 2.75) is 12.3 Å². The van der Waals surface area contributed by atoms with Crippen molar-refractivity contribution in [3.63, 3.8) is 0 Å². The number of hydrogen-bond donors (Lipinski definition) is 1. The van der Waals surface area contributed by atoms with Crippen LogP contribution in [0, 0.1) is 0 Å². The van der Waals surface area contributed by atoms with Crippen LogP contribution in [0.5, 0.6) is 0 Å². The molecule has 1 unspecified atom stereocenters. The van der Waals surface area contributed by atoms with Crippen LogP contribution < -0.4 is 5.14 Å². The van der Waals surface area contributed by atoms with Crippen LogP contribution in [0.1, 0.15) is 17.9 Å². The molecular weight excluding hydrogens is 322 g/mol. The van der Waals surface area contributed by atoms with Crippen molar-refractivity contribution in [2.75, 3.05) is 12.9 Å². The Hall–Kier alpha value is -0.920. The van der Waals surface area contributed by atoms with E-state index in [1.165, 1.54) is 7.11 Å². The first-order valence-corrected chi connectivity index (χ1v) is 7.68. The largest absolute Gasteiger partial charge is 0.469 e. The van der Waals surface area contributed by atoms with Gasteiger partial charge in [-0.25, -0.2) is 13.6 Å². The minimum Gasteiger partial charge on any atom is -0.469 e. The second-order valence-corrected chi connectivity index (χ2v) is 6.43. The second kappa shape index (κ2) is 6.31. The predicted molar refractivity (Wildman–Crippen MR) is 71.5 cm³/mol. The van der Waals surface area contributed by atoms with Crippen LogP contribution in [0.4, 0.5) is 0 Å². The SMILES string of the molecule is COC(=O)C(CCS(N)(=O)=O)c1ccc(Br)cc1. The van der Waals surface area contributed by atoms with E-state index in [0.29, 0.717) is 5.56 Å². The van der Waals surface area contributed by atoms with E-state index in [9.17, 15) is 13.2 Å². The van der Waals surface area contributed by atoms with Gasteiger partial charge in [-0.05, 0) is 24.1 Å². The van der Waals surface area contributed by atoms with Crippen LogP contribution in [0.15, 0.2) is 28.7 Å². The minimum absolute atomic E-state index is 0.104. The molecule has 1 rings (SSSR count). The lowest BCUT2D eigenvalue weighted by atomic mass is 9.97. The molecule has 1 aromatic carbocycles. The zero-order valence-electron chi connectivity index (χ0n) is 9.80. The molecule has 0 aromatic heterocycles. The van der Waals surface area contributed by atoms with Gasteiger partial charge in [-0.15, -0.1) is 0 Å². The third-order valence-corrected chi connectivity index (χ3v) is 3.78. The molecule has 0 fully saturated rings. The molecule has 18 heavy (non-hydrogen) atoms. The predicted octanol–water partition coefficient (Wildman–Crippen LogP) is 1.38. The van der Waals surface area contributed by atoms with Gasteiger partial charge in [0.05, 0.1) is 18.8 Å². The maximum absolute atomic E-state index is 11.6. The number of benzene rings is 1. The summed E-state index contributed by atoms with van der Waals surface area (Å²) in [5.74, 6) is -1.36. The third kappa shape index (κ3) is 4.75. The van der Waals surface area contributed by atoms with Crippen molar-refractivity contribution in [1.29, 1.82) is 0 Å².